The van der Waals surface area contributed by atoms with E-state index in [1.165, 1.54) is 19.9 Å². The number of carboxylic acid groups (broad SMARTS) is 1. The van der Waals surface area contributed by atoms with Crippen molar-refractivity contribution in [1.29, 1.82) is 0 Å². The number of halogens is 3. The van der Waals surface area contributed by atoms with Gasteiger partial charge in [-0.15, -0.1) is 5.10 Å². The summed E-state index contributed by atoms with van der Waals surface area (Å²) in [6.07, 6.45) is -4.82. The van der Waals surface area contributed by atoms with Crippen LogP contribution >= 0.6 is 0 Å². The van der Waals surface area contributed by atoms with E-state index in [0.29, 0.717) is 17.2 Å². The normalized spacial score (nSPS) is 12.3. The van der Waals surface area contributed by atoms with Gasteiger partial charge in [0, 0.05) is 5.69 Å². The standard InChI is InChI=1S/C16H14F3N5O4S/c1-7-4-8(2)12(10(5-7)13(25)26)23-29(27,28)15-21-14-20-9(3)6-11(16(17,18)19)24(14)22-15/h4-6,23H,1-3H3,(H,25,26). The maximum Gasteiger partial charge on any atom is 0.433 e. The molecule has 0 aliphatic carbocycles. The molecule has 2 heterocycles. The minimum absolute atomic E-state index is 0.0309. The average molecular weight is 429 g/mol. The summed E-state index contributed by atoms with van der Waals surface area (Å²) < 4.78 is 67.4. The molecule has 0 radical (unpaired) electrons. The Morgan fingerprint density at radius 1 is 1.14 bits per heavy atom. The zero-order valence-electron chi connectivity index (χ0n) is 15.2. The van der Waals surface area contributed by atoms with Gasteiger partial charge in [-0.05, 0) is 44.0 Å². The van der Waals surface area contributed by atoms with Crippen molar-refractivity contribution in [3.05, 3.63) is 46.3 Å². The van der Waals surface area contributed by atoms with Crippen LogP contribution in [0.15, 0.2) is 23.4 Å². The lowest BCUT2D eigenvalue weighted by Gasteiger charge is -2.12. The topological polar surface area (TPSA) is 127 Å². The molecule has 3 aromatic rings. The van der Waals surface area contributed by atoms with Crippen LogP contribution in [0.1, 0.15) is 32.9 Å². The number of benzene rings is 1. The molecular formula is C16H14F3N5O4S. The molecule has 0 aliphatic rings. The largest absolute Gasteiger partial charge is 0.478 e. The molecule has 1 aromatic carbocycles. The third-order valence-electron chi connectivity index (χ3n) is 3.90. The lowest BCUT2D eigenvalue weighted by Crippen LogP contribution is -2.18. The van der Waals surface area contributed by atoms with Crippen molar-refractivity contribution < 1.29 is 31.5 Å². The van der Waals surface area contributed by atoms with Crippen LogP contribution in [-0.4, -0.2) is 39.1 Å². The number of fused-ring (bicyclic) bond motifs is 1. The number of alkyl halides is 3. The van der Waals surface area contributed by atoms with E-state index >= 15 is 0 Å². The molecule has 0 unspecified atom stereocenters. The van der Waals surface area contributed by atoms with E-state index in [1.807, 2.05) is 0 Å². The predicted octanol–water partition coefficient (Wildman–Crippen LogP) is 2.57. The highest BCUT2D eigenvalue weighted by molar-refractivity contribution is 7.92. The van der Waals surface area contributed by atoms with Crippen molar-refractivity contribution in [2.75, 3.05) is 4.72 Å². The fourth-order valence-corrected chi connectivity index (χ4v) is 3.76. The highest BCUT2D eigenvalue weighted by Gasteiger charge is 2.36. The zero-order valence-corrected chi connectivity index (χ0v) is 16.1. The zero-order chi connectivity index (χ0) is 21.7. The van der Waals surface area contributed by atoms with Crippen LogP contribution in [0.5, 0.6) is 0 Å². The van der Waals surface area contributed by atoms with Crippen molar-refractivity contribution >= 4 is 27.5 Å². The summed E-state index contributed by atoms with van der Waals surface area (Å²) in [6.45, 7) is 4.42. The number of rotatable bonds is 4. The van der Waals surface area contributed by atoms with Gasteiger partial charge in [0.2, 0.25) is 0 Å². The summed E-state index contributed by atoms with van der Waals surface area (Å²) in [5.74, 6) is -1.94. The van der Waals surface area contributed by atoms with Crippen LogP contribution in [0.2, 0.25) is 0 Å². The van der Waals surface area contributed by atoms with Crippen LogP contribution in [-0.2, 0) is 16.2 Å². The molecule has 0 amide bonds. The van der Waals surface area contributed by atoms with E-state index in [1.54, 1.807) is 13.0 Å². The van der Waals surface area contributed by atoms with Crippen molar-refractivity contribution in [1.82, 2.24) is 19.6 Å². The number of aromatic nitrogens is 4. The van der Waals surface area contributed by atoms with E-state index in [-0.39, 0.29) is 21.5 Å². The van der Waals surface area contributed by atoms with Crippen LogP contribution in [0.4, 0.5) is 18.9 Å². The molecule has 2 N–H and O–H groups in total. The molecule has 0 atom stereocenters. The Morgan fingerprint density at radius 2 is 1.79 bits per heavy atom. The number of nitrogens with zero attached hydrogens (tertiary/aromatic N) is 4. The number of anilines is 1. The number of aromatic carboxylic acids is 1. The molecule has 154 valence electrons. The first-order valence-electron chi connectivity index (χ1n) is 7.98. The lowest BCUT2D eigenvalue weighted by molar-refractivity contribution is -0.142. The van der Waals surface area contributed by atoms with Gasteiger partial charge in [-0.2, -0.15) is 31.1 Å². The number of sulfonamides is 1. The number of carboxylic acids is 1. The lowest BCUT2D eigenvalue weighted by atomic mass is 10.0. The SMILES string of the molecule is Cc1cc(C)c(NS(=O)(=O)c2nc3nc(C)cc(C(F)(F)F)n3n2)c(C(=O)O)c1. The van der Waals surface area contributed by atoms with Gasteiger partial charge in [0.25, 0.3) is 21.0 Å². The number of hydrogen-bond donors (Lipinski definition) is 2. The number of carbonyl (C=O) groups is 1. The summed E-state index contributed by atoms with van der Waals surface area (Å²) in [7, 11) is -4.61. The Hall–Kier alpha value is -3.22. The van der Waals surface area contributed by atoms with Crippen LogP contribution in [0.3, 0.4) is 0 Å². The van der Waals surface area contributed by atoms with Crippen molar-refractivity contribution in [2.24, 2.45) is 0 Å². The average Bonchev–Trinajstić information content (AvgIpc) is 2.99. The summed E-state index contributed by atoms with van der Waals surface area (Å²) in [6, 6.07) is 3.52. The molecule has 29 heavy (non-hydrogen) atoms. The molecule has 9 nitrogen and oxygen atoms in total. The quantitative estimate of drug-likeness (QED) is 0.653. The fourth-order valence-electron chi connectivity index (χ4n) is 2.74. The van der Waals surface area contributed by atoms with Gasteiger partial charge in [0.1, 0.15) is 0 Å². The molecule has 0 fully saturated rings. The minimum Gasteiger partial charge on any atom is -0.478 e. The van der Waals surface area contributed by atoms with Crippen molar-refractivity contribution in [3.8, 4) is 0 Å². The van der Waals surface area contributed by atoms with Crippen LogP contribution in [0, 0.1) is 20.8 Å². The molecule has 0 spiro atoms. The Balaban J connectivity index is 2.15. The third-order valence-corrected chi connectivity index (χ3v) is 5.02. The van der Waals surface area contributed by atoms with Crippen molar-refractivity contribution in [2.45, 2.75) is 32.1 Å². The predicted molar refractivity (Wildman–Crippen MR) is 94.2 cm³/mol. The van der Waals surface area contributed by atoms with E-state index < -0.39 is 38.8 Å². The van der Waals surface area contributed by atoms with Gasteiger partial charge in [-0.3, -0.25) is 4.72 Å². The van der Waals surface area contributed by atoms with Gasteiger partial charge in [0.05, 0.1) is 11.3 Å². The number of hydrogen-bond acceptors (Lipinski definition) is 6. The summed E-state index contributed by atoms with van der Waals surface area (Å²) >= 11 is 0. The van der Waals surface area contributed by atoms with E-state index in [0.717, 1.165) is 0 Å². The minimum atomic E-state index is -4.82. The molecule has 2 aromatic heterocycles. The van der Waals surface area contributed by atoms with Crippen molar-refractivity contribution in [3.63, 3.8) is 0 Å². The van der Waals surface area contributed by atoms with E-state index in [4.69, 9.17) is 0 Å². The highest BCUT2D eigenvalue weighted by atomic mass is 32.2. The highest BCUT2D eigenvalue weighted by Crippen LogP contribution is 2.30. The smallest absolute Gasteiger partial charge is 0.433 e. The number of aryl methyl sites for hydroxylation is 3. The molecule has 3 rings (SSSR count). The molecule has 13 heteroatoms. The van der Waals surface area contributed by atoms with E-state index in [9.17, 15) is 31.5 Å². The summed E-state index contributed by atoms with van der Waals surface area (Å²) in [5, 5.41) is 11.8. The summed E-state index contributed by atoms with van der Waals surface area (Å²) in [5.41, 5.74) is -0.937. The third kappa shape index (κ3) is 3.85. The first kappa shape index (κ1) is 20.5. The first-order chi connectivity index (χ1) is 13.3. The first-order valence-corrected chi connectivity index (χ1v) is 9.47. The van der Waals surface area contributed by atoms with Gasteiger partial charge in [0.15, 0.2) is 5.69 Å². The molecule has 0 saturated heterocycles. The second-order valence-corrected chi connectivity index (χ2v) is 7.88. The fraction of sp³-hybridized carbons (Fsp3) is 0.250. The van der Waals surface area contributed by atoms with Crippen LogP contribution in [0.25, 0.3) is 5.78 Å². The molecule has 0 bridgehead atoms. The number of nitrogens with one attached hydrogen (secondary N) is 1. The monoisotopic (exact) mass is 429 g/mol. The van der Waals surface area contributed by atoms with Gasteiger partial charge >= 0.3 is 12.1 Å². The molecule has 0 saturated carbocycles. The Labute approximate surface area is 162 Å². The second-order valence-electron chi connectivity index (χ2n) is 6.30. The maximum atomic E-state index is 13.2. The van der Waals surface area contributed by atoms with Gasteiger partial charge in [-0.1, -0.05) is 6.07 Å². The Kier molecular flexibility index (Phi) is 4.73. The van der Waals surface area contributed by atoms with Gasteiger partial charge < -0.3 is 5.11 Å². The van der Waals surface area contributed by atoms with Gasteiger partial charge in [-0.25, -0.2) is 9.78 Å². The second kappa shape index (κ2) is 6.69. The Bertz CT molecular complexity index is 1250. The summed E-state index contributed by atoms with van der Waals surface area (Å²) in [4.78, 5) is 18.8. The molecule has 0 aliphatic heterocycles. The Morgan fingerprint density at radius 3 is 2.38 bits per heavy atom. The van der Waals surface area contributed by atoms with Crippen LogP contribution < -0.4 is 4.72 Å². The van der Waals surface area contributed by atoms with E-state index in [2.05, 4.69) is 19.8 Å². The molecular weight excluding hydrogens is 415 g/mol. The maximum absolute atomic E-state index is 13.2.